The molecule has 0 fully saturated rings. The van der Waals surface area contributed by atoms with Gasteiger partial charge >= 0.3 is 0 Å². The fourth-order valence-electron chi connectivity index (χ4n) is 4.10. The summed E-state index contributed by atoms with van der Waals surface area (Å²) in [6.07, 6.45) is 0.827. The fourth-order valence-corrected chi connectivity index (χ4v) is 5.16. The van der Waals surface area contributed by atoms with Gasteiger partial charge in [0.15, 0.2) is 10.9 Å². The molecule has 3 heterocycles. The Kier molecular flexibility index (Phi) is 6.34. The third-order valence-electron chi connectivity index (χ3n) is 5.75. The van der Waals surface area contributed by atoms with Crippen molar-refractivity contribution < 1.29 is 4.79 Å². The van der Waals surface area contributed by atoms with Crippen LogP contribution in [-0.4, -0.2) is 42.3 Å². The van der Waals surface area contributed by atoms with Crippen LogP contribution in [0.25, 0.3) is 5.69 Å². The third-order valence-corrected chi connectivity index (χ3v) is 6.87. The molecule has 172 valence electrons. The molecule has 5 rings (SSSR count). The monoisotopic (exact) mass is 490 g/mol. The van der Waals surface area contributed by atoms with Gasteiger partial charge in [-0.25, -0.2) is 14.6 Å². The molecule has 0 aliphatic carbocycles. The topological polar surface area (TPSA) is 76.8 Å². The molecule has 0 N–H and O–H groups in total. The van der Waals surface area contributed by atoms with E-state index in [1.165, 1.54) is 22.9 Å². The first-order chi connectivity index (χ1) is 16.5. The third kappa shape index (κ3) is 4.69. The number of benzene rings is 2. The van der Waals surface area contributed by atoms with E-state index in [1.807, 2.05) is 49.1 Å². The number of thioether (sulfide) groups is 1. The van der Waals surface area contributed by atoms with Gasteiger partial charge in [0.1, 0.15) is 0 Å². The lowest BCUT2D eigenvalue weighted by molar-refractivity contribution is 0.0727. The van der Waals surface area contributed by atoms with Crippen LogP contribution >= 0.6 is 23.4 Å². The van der Waals surface area contributed by atoms with Crippen LogP contribution in [0, 0.1) is 13.8 Å². The van der Waals surface area contributed by atoms with Crippen LogP contribution in [0.3, 0.4) is 0 Å². The highest BCUT2D eigenvalue weighted by molar-refractivity contribution is 7.98. The van der Waals surface area contributed by atoms with Crippen molar-refractivity contribution in [1.82, 2.24) is 29.9 Å². The highest BCUT2D eigenvalue weighted by atomic mass is 35.5. The molecule has 0 saturated carbocycles. The zero-order valence-corrected chi connectivity index (χ0v) is 20.5. The predicted molar refractivity (Wildman–Crippen MR) is 132 cm³/mol. The van der Waals surface area contributed by atoms with Crippen LogP contribution in [0.1, 0.15) is 38.7 Å². The molecule has 7 nitrogen and oxygen atoms in total. The quantitative estimate of drug-likeness (QED) is 0.295. The molecule has 0 atom stereocenters. The Morgan fingerprint density at radius 2 is 1.74 bits per heavy atom. The highest BCUT2D eigenvalue weighted by Crippen LogP contribution is 2.26. The van der Waals surface area contributed by atoms with Crippen molar-refractivity contribution in [2.45, 2.75) is 37.7 Å². The van der Waals surface area contributed by atoms with Gasteiger partial charge in [0.25, 0.3) is 5.91 Å². The molecule has 4 aromatic rings. The van der Waals surface area contributed by atoms with Gasteiger partial charge < -0.3 is 4.90 Å². The van der Waals surface area contributed by atoms with Gasteiger partial charge in [0.05, 0.1) is 11.4 Å². The minimum Gasteiger partial charge on any atom is -0.333 e. The van der Waals surface area contributed by atoms with E-state index in [2.05, 4.69) is 32.4 Å². The summed E-state index contributed by atoms with van der Waals surface area (Å²) in [6, 6.07) is 17.5. The average molecular weight is 491 g/mol. The number of nitrogens with zero attached hydrogens (tertiary/aromatic N) is 6. The second-order valence-electron chi connectivity index (χ2n) is 8.24. The lowest BCUT2D eigenvalue weighted by atomic mass is 10.00. The zero-order chi connectivity index (χ0) is 23.7. The SMILES string of the molecule is Cc1cc(C)nc(SCc2c(C(=O)N3CCc4ccccc4C3)nnn2-c2ccc(Cl)cc2)n1. The number of carbonyl (C=O) groups is 1. The summed E-state index contributed by atoms with van der Waals surface area (Å²) in [6.45, 7) is 5.11. The number of amides is 1. The van der Waals surface area contributed by atoms with Crippen molar-refractivity contribution in [3.05, 3.63) is 93.5 Å². The Hall–Kier alpha value is -3.23. The Bertz CT molecular complexity index is 1330. The maximum absolute atomic E-state index is 13.6. The molecule has 0 saturated heterocycles. The summed E-state index contributed by atoms with van der Waals surface area (Å²) < 4.78 is 1.71. The van der Waals surface area contributed by atoms with Gasteiger partial charge in [-0.1, -0.05) is 52.8 Å². The molecular formula is C25H23ClN6OS. The second kappa shape index (κ2) is 9.56. The molecule has 0 unspecified atom stereocenters. The van der Waals surface area contributed by atoms with E-state index in [0.717, 1.165) is 23.5 Å². The largest absolute Gasteiger partial charge is 0.333 e. The van der Waals surface area contributed by atoms with E-state index in [4.69, 9.17) is 11.6 Å². The summed E-state index contributed by atoms with van der Waals surface area (Å²) in [7, 11) is 0. The molecule has 0 spiro atoms. The number of hydrogen-bond acceptors (Lipinski definition) is 6. The van der Waals surface area contributed by atoms with Crippen LogP contribution in [-0.2, 0) is 18.7 Å². The van der Waals surface area contributed by atoms with Crippen molar-refractivity contribution >= 4 is 29.3 Å². The van der Waals surface area contributed by atoms with Crippen LogP contribution < -0.4 is 0 Å². The van der Waals surface area contributed by atoms with Crippen LogP contribution in [0.2, 0.25) is 5.02 Å². The average Bonchev–Trinajstić information content (AvgIpc) is 3.25. The van der Waals surface area contributed by atoms with E-state index in [1.54, 1.807) is 16.8 Å². The molecule has 2 aromatic heterocycles. The first-order valence-corrected chi connectivity index (χ1v) is 12.4. The van der Waals surface area contributed by atoms with Gasteiger partial charge in [-0.2, -0.15) is 0 Å². The normalized spacial score (nSPS) is 13.1. The minimum atomic E-state index is -0.119. The van der Waals surface area contributed by atoms with Gasteiger partial charge in [0.2, 0.25) is 0 Å². The van der Waals surface area contributed by atoms with E-state index >= 15 is 0 Å². The number of hydrogen-bond donors (Lipinski definition) is 0. The Morgan fingerprint density at radius 1 is 1.03 bits per heavy atom. The van der Waals surface area contributed by atoms with Crippen LogP contribution in [0.4, 0.5) is 0 Å². The molecule has 2 aromatic carbocycles. The highest BCUT2D eigenvalue weighted by Gasteiger charge is 2.28. The molecule has 1 amide bonds. The number of aryl methyl sites for hydroxylation is 2. The van der Waals surface area contributed by atoms with Gasteiger partial charge in [-0.3, -0.25) is 4.79 Å². The molecular weight excluding hydrogens is 468 g/mol. The smallest absolute Gasteiger partial charge is 0.276 e. The zero-order valence-electron chi connectivity index (χ0n) is 18.9. The summed E-state index contributed by atoms with van der Waals surface area (Å²) in [4.78, 5) is 24.5. The summed E-state index contributed by atoms with van der Waals surface area (Å²) in [5.74, 6) is 0.330. The standard InChI is InChI=1S/C25H23ClN6OS/c1-16-13-17(2)28-25(27-16)34-15-22-23(29-30-32(22)21-9-7-20(26)8-10-21)24(33)31-12-11-18-5-3-4-6-19(18)14-31/h3-10,13H,11-12,14-15H2,1-2H3. The minimum absolute atomic E-state index is 0.119. The lowest BCUT2D eigenvalue weighted by Crippen LogP contribution is -2.36. The number of rotatable bonds is 5. The van der Waals surface area contributed by atoms with Gasteiger partial charge in [-0.05, 0) is 61.7 Å². The summed E-state index contributed by atoms with van der Waals surface area (Å²) >= 11 is 7.55. The number of carbonyl (C=O) groups excluding carboxylic acids is 1. The maximum atomic E-state index is 13.6. The lowest BCUT2D eigenvalue weighted by Gasteiger charge is -2.28. The summed E-state index contributed by atoms with van der Waals surface area (Å²) in [5, 5.41) is 9.96. The van der Waals surface area contributed by atoms with E-state index < -0.39 is 0 Å². The summed E-state index contributed by atoms with van der Waals surface area (Å²) in [5.41, 5.74) is 6.12. The Labute approximate surface area is 207 Å². The van der Waals surface area contributed by atoms with Crippen molar-refractivity contribution in [2.75, 3.05) is 6.54 Å². The predicted octanol–water partition coefficient (Wildman–Crippen LogP) is 4.82. The Balaban J connectivity index is 1.48. The molecule has 1 aliphatic rings. The van der Waals surface area contributed by atoms with Crippen molar-refractivity contribution in [3.8, 4) is 5.69 Å². The van der Waals surface area contributed by atoms with E-state index in [9.17, 15) is 4.79 Å². The maximum Gasteiger partial charge on any atom is 0.276 e. The number of halogens is 1. The van der Waals surface area contributed by atoms with Crippen molar-refractivity contribution in [2.24, 2.45) is 0 Å². The first kappa shape index (κ1) is 22.6. The number of fused-ring (bicyclic) bond motifs is 1. The molecule has 0 radical (unpaired) electrons. The first-order valence-electron chi connectivity index (χ1n) is 11.0. The Morgan fingerprint density at radius 3 is 2.47 bits per heavy atom. The molecule has 1 aliphatic heterocycles. The second-order valence-corrected chi connectivity index (χ2v) is 9.62. The molecule has 9 heteroatoms. The van der Waals surface area contributed by atoms with Crippen molar-refractivity contribution in [3.63, 3.8) is 0 Å². The van der Waals surface area contributed by atoms with Gasteiger partial charge in [-0.15, -0.1) is 5.10 Å². The fraction of sp³-hybridized carbons (Fsp3) is 0.240. The van der Waals surface area contributed by atoms with E-state index in [-0.39, 0.29) is 5.91 Å². The van der Waals surface area contributed by atoms with Gasteiger partial charge in [0, 0.05) is 35.3 Å². The van der Waals surface area contributed by atoms with Crippen LogP contribution in [0.15, 0.2) is 59.8 Å². The molecule has 0 bridgehead atoms. The van der Waals surface area contributed by atoms with Crippen LogP contribution in [0.5, 0.6) is 0 Å². The van der Waals surface area contributed by atoms with E-state index in [0.29, 0.717) is 40.4 Å². The number of aromatic nitrogens is 5. The molecule has 34 heavy (non-hydrogen) atoms. The van der Waals surface area contributed by atoms with Crippen molar-refractivity contribution in [1.29, 1.82) is 0 Å².